The Hall–Kier alpha value is -3.66. The molecule has 9 nitrogen and oxygen atoms in total. The highest BCUT2D eigenvalue weighted by Crippen LogP contribution is 2.21. The quantitative estimate of drug-likeness (QED) is 0.480. The van der Waals surface area contributed by atoms with Crippen LogP contribution in [0.15, 0.2) is 47.3 Å². The number of amides is 1. The van der Waals surface area contributed by atoms with E-state index in [1.807, 2.05) is 24.3 Å². The summed E-state index contributed by atoms with van der Waals surface area (Å²) < 4.78 is 10.3. The van der Waals surface area contributed by atoms with E-state index in [2.05, 4.69) is 15.5 Å². The largest absolute Gasteiger partial charge is 0.497 e. The molecule has 0 saturated heterocycles. The predicted octanol–water partition coefficient (Wildman–Crippen LogP) is 2.45. The summed E-state index contributed by atoms with van der Waals surface area (Å²) in [5.41, 5.74) is 2.80. The zero-order chi connectivity index (χ0) is 21.4. The van der Waals surface area contributed by atoms with Gasteiger partial charge in [0.1, 0.15) is 12.3 Å². The van der Waals surface area contributed by atoms with Gasteiger partial charge in [-0.15, -0.1) is 0 Å². The molecule has 0 bridgehead atoms. The minimum atomic E-state index is -0.262. The Bertz CT molecular complexity index is 1360. The number of aromatic nitrogens is 5. The number of benzene rings is 2. The van der Waals surface area contributed by atoms with Crippen molar-refractivity contribution in [2.45, 2.75) is 6.54 Å². The van der Waals surface area contributed by atoms with Crippen molar-refractivity contribution in [1.29, 1.82) is 0 Å². The van der Waals surface area contributed by atoms with Crippen LogP contribution < -0.4 is 15.7 Å². The van der Waals surface area contributed by atoms with Crippen LogP contribution in [-0.2, 0) is 25.4 Å². The molecule has 4 aromatic rings. The fraction of sp³-hybridized carbons (Fsp3) is 0.200. The maximum absolute atomic E-state index is 12.7. The van der Waals surface area contributed by atoms with Gasteiger partial charge < -0.3 is 10.1 Å². The molecule has 1 amide bonds. The second-order valence-corrected chi connectivity index (χ2v) is 7.21. The van der Waals surface area contributed by atoms with Crippen LogP contribution >= 0.6 is 12.2 Å². The van der Waals surface area contributed by atoms with Gasteiger partial charge in [-0.25, -0.2) is 4.79 Å². The lowest BCUT2D eigenvalue weighted by atomic mass is 10.2. The lowest BCUT2D eigenvalue weighted by Gasteiger charge is -2.09. The molecule has 4 rings (SSSR count). The van der Waals surface area contributed by atoms with Crippen molar-refractivity contribution < 1.29 is 9.53 Å². The Morgan fingerprint density at radius 2 is 1.83 bits per heavy atom. The summed E-state index contributed by atoms with van der Waals surface area (Å²) in [7, 11) is 5.01. The van der Waals surface area contributed by atoms with E-state index >= 15 is 0 Å². The number of hydrogen-bond acceptors (Lipinski definition) is 5. The van der Waals surface area contributed by atoms with Crippen LogP contribution in [0.5, 0.6) is 5.75 Å². The van der Waals surface area contributed by atoms with Gasteiger partial charge in [0, 0.05) is 25.3 Å². The number of methoxy groups -OCH3 is 1. The molecule has 0 saturated carbocycles. The third-order valence-electron chi connectivity index (χ3n) is 4.96. The molecular weight excluding hydrogens is 404 g/mol. The maximum Gasteiger partial charge on any atom is 0.328 e. The fourth-order valence-electron chi connectivity index (χ4n) is 3.35. The Morgan fingerprint density at radius 1 is 1.13 bits per heavy atom. The van der Waals surface area contributed by atoms with Gasteiger partial charge in [-0.1, -0.05) is 0 Å². The standard InChI is InChI=1S/C20H20N6O3S/c1-24-15-9-6-13(10-16(15)25(2)20(24)28)21-17(27)11-26-18(22-23-19(26)30)12-4-7-14(29-3)8-5-12/h4-10H,11H2,1-3H3,(H,21,27)(H,23,30). The molecule has 0 fully saturated rings. The second kappa shape index (κ2) is 7.64. The first kappa shape index (κ1) is 19.6. The summed E-state index contributed by atoms with van der Waals surface area (Å²) in [6.07, 6.45) is 0. The lowest BCUT2D eigenvalue weighted by Crippen LogP contribution is -2.19. The molecule has 0 radical (unpaired) electrons. The summed E-state index contributed by atoms with van der Waals surface area (Å²) in [4.78, 5) is 24.8. The second-order valence-electron chi connectivity index (χ2n) is 6.82. The average molecular weight is 424 g/mol. The molecule has 2 heterocycles. The van der Waals surface area contributed by atoms with Crippen molar-refractivity contribution in [3.8, 4) is 17.1 Å². The van der Waals surface area contributed by atoms with E-state index < -0.39 is 0 Å². The van der Waals surface area contributed by atoms with E-state index in [1.54, 1.807) is 53.1 Å². The normalized spacial score (nSPS) is 11.0. The summed E-state index contributed by atoms with van der Waals surface area (Å²) >= 11 is 5.30. The maximum atomic E-state index is 12.7. The summed E-state index contributed by atoms with van der Waals surface area (Å²) in [6.45, 7) is -0.0115. The minimum absolute atomic E-state index is 0.0115. The molecule has 0 atom stereocenters. The fourth-order valence-corrected chi connectivity index (χ4v) is 3.55. The van der Waals surface area contributed by atoms with E-state index in [0.717, 1.165) is 22.3 Å². The number of nitrogens with zero attached hydrogens (tertiary/aromatic N) is 4. The van der Waals surface area contributed by atoms with Crippen molar-refractivity contribution in [1.82, 2.24) is 23.9 Å². The van der Waals surface area contributed by atoms with Crippen LogP contribution in [0, 0.1) is 4.77 Å². The van der Waals surface area contributed by atoms with Crippen LogP contribution in [0.2, 0.25) is 0 Å². The van der Waals surface area contributed by atoms with Crippen molar-refractivity contribution in [2.75, 3.05) is 12.4 Å². The number of rotatable bonds is 5. The van der Waals surface area contributed by atoms with Gasteiger partial charge in [0.15, 0.2) is 10.6 Å². The highest BCUT2D eigenvalue weighted by atomic mass is 32.1. The predicted molar refractivity (Wildman–Crippen MR) is 116 cm³/mol. The van der Waals surface area contributed by atoms with Gasteiger partial charge in [-0.3, -0.25) is 23.6 Å². The SMILES string of the molecule is COc1ccc(-c2n[nH]c(=S)n2CC(=O)Nc2ccc3c(c2)n(C)c(=O)n3C)cc1. The van der Waals surface area contributed by atoms with Gasteiger partial charge in [0.2, 0.25) is 5.91 Å². The number of H-pyrrole nitrogens is 1. The van der Waals surface area contributed by atoms with Crippen LogP contribution in [0.25, 0.3) is 22.4 Å². The third kappa shape index (κ3) is 3.41. The molecule has 2 N–H and O–H groups in total. The summed E-state index contributed by atoms with van der Waals surface area (Å²) in [5.74, 6) is 1.02. The lowest BCUT2D eigenvalue weighted by molar-refractivity contribution is -0.116. The van der Waals surface area contributed by atoms with Gasteiger partial charge in [-0.2, -0.15) is 5.10 Å². The number of hydrogen-bond donors (Lipinski definition) is 2. The number of aryl methyl sites for hydroxylation is 2. The Kier molecular flexibility index (Phi) is 5.00. The number of fused-ring (bicyclic) bond motifs is 1. The van der Waals surface area contributed by atoms with Crippen molar-refractivity contribution in [3.63, 3.8) is 0 Å². The molecule has 30 heavy (non-hydrogen) atoms. The first-order valence-corrected chi connectivity index (χ1v) is 9.55. The molecular formula is C20H20N6O3S. The summed E-state index contributed by atoms with van der Waals surface area (Å²) in [5, 5.41) is 9.85. The molecule has 2 aromatic carbocycles. The van der Waals surface area contributed by atoms with Crippen molar-refractivity contribution in [2.24, 2.45) is 14.1 Å². The average Bonchev–Trinajstić information content (AvgIpc) is 3.21. The molecule has 0 aliphatic carbocycles. The van der Waals surface area contributed by atoms with E-state index in [1.165, 1.54) is 0 Å². The van der Waals surface area contributed by atoms with Crippen LogP contribution in [-0.4, -0.2) is 36.9 Å². The molecule has 0 unspecified atom stereocenters. The van der Waals surface area contributed by atoms with Gasteiger partial charge >= 0.3 is 5.69 Å². The highest BCUT2D eigenvalue weighted by Gasteiger charge is 2.14. The number of anilines is 1. The van der Waals surface area contributed by atoms with E-state index in [9.17, 15) is 9.59 Å². The van der Waals surface area contributed by atoms with E-state index in [0.29, 0.717) is 16.3 Å². The topological polar surface area (TPSA) is 98.9 Å². The highest BCUT2D eigenvalue weighted by molar-refractivity contribution is 7.71. The molecule has 10 heteroatoms. The third-order valence-corrected chi connectivity index (χ3v) is 5.28. The van der Waals surface area contributed by atoms with Gasteiger partial charge in [0.25, 0.3) is 0 Å². The minimum Gasteiger partial charge on any atom is -0.497 e. The number of carbonyl (C=O) groups is 1. The smallest absolute Gasteiger partial charge is 0.328 e. The van der Waals surface area contributed by atoms with Gasteiger partial charge in [-0.05, 0) is 54.7 Å². The molecule has 2 aromatic heterocycles. The van der Waals surface area contributed by atoms with E-state index in [4.69, 9.17) is 17.0 Å². The number of carbonyl (C=O) groups excluding carboxylic acids is 1. The summed E-state index contributed by atoms with van der Waals surface area (Å²) in [6, 6.07) is 12.7. The number of nitrogens with one attached hydrogen (secondary N) is 2. The van der Waals surface area contributed by atoms with Crippen LogP contribution in [0.1, 0.15) is 0 Å². The van der Waals surface area contributed by atoms with Gasteiger partial charge in [0.05, 0.1) is 18.1 Å². The Labute approximate surface area is 176 Å². The van der Waals surface area contributed by atoms with Crippen LogP contribution in [0.3, 0.4) is 0 Å². The zero-order valence-corrected chi connectivity index (χ0v) is 17.5. The molecule has 0 aliphatic rings. The first-order valence-electron chi connectivity index (χ1n) is 9.14. The van der Waals surface area contributed by atoms with Crippen molar-refractivity contribution >= 4 is 34.8 Å². The molecule has 154 valence electrons. The Morgan fingerprint density at radius 3 is 2.53 bits per heavy atom. The number of aromatic amines is 1. The number of ether oxygens (including phenoxy) is 1. The van der Waals surface area contributed by atoms with E-state index in [-0.39, 0.29) is 18.1 Å². The van der Waals surface area contributed by atoms with Crippen molar-refractivity contribution in [3.05, 3.63) is 57.7 Å². The Balaban J connectivity index is 1.58. The molecule has 0 spiro atoms. The number of imidazole rings is 1. The first-order chi connectivity index (χ1) is 14.4. The molecule has 0 aliphatic heterocycles. The van der Waals surface area contributed by atoms with Crippen LogP contribution in [0.4, 0.5) is 5.69 Å². The zero-order valence-electron chi connectivity index (χ0n) is 16.7. The monoisotopic (exact) mass is 424 g/mol.